The van der Waals surface area contributed by atoms with E-state index >= 15 is 0 Å². The van der Waals surface area contributed by atoms with Gasteiger partial charge in [0.15, 0.2) is 0 Å². The van der Waals surface area contributed by atoms with Gasteiger partial charge in [-0.05, 0) is 65.5 Å². The number of aliphatic imine (C=N–C) groups is 2. The molecule has 1 amide bonds. The fourth-order valence-electron chi connectivity index (χ4n) is 5.30. The number of aliphatic hydroxyl groups excluding tert-OH is 1. The summed E-state index contributed by atoms with van der Waals surface area (Å²) in [6, 6.07) is 2.54. The smallest absolute Gasteiger partial charge is 0.408 e. The lowest BCUT2D eigenvalue weighted by Crippen LogP contribution is -2.44. The number of alkyl carbamates (subject to hydrolysis) is 1. The number of ether oxygens (including phenoxy) is 2. The summed E-state index contributed by atoms with van der Waals surface area (Å²) in [5.74, 6) is -0.577. The van der Waals surface area contributed by atoms with Crippen molar-refractivity contribution in [1.29, 1.82) is 0 Å². The number of hydrogen-bond acceptors (Lipinski definition) is 9. The van der Waals surface area contributed by atoms with Crippen LogP contribution in [-0.2, 0) is 27.2 Å². The molecule has 11 nitrogen and oxygen atoms in total. The SMILES string of the molecule is C=C/C(=C(\N=C/C)[C@H](C)OC)c1c(CC(C)(C)CO)c2nc(C3CSC(C[C@H](NC(=O)OC(C)(C)C)C(=O)O)=N3)ccc2n1CC. The molecule has 3 heterocycles. The van der Waals surface area contributed by atoms with Gasteiger partial charge in [0.1, 0.15) is 17.7 Å². The first kappa shape index (κ1) is 37.0. The number of nitrogens with zero attached hydrogens (tertiary/aromatic N) is 4. The van der Waals surface area contributed by atoms with Gasteiger partial charge in [-0.25, -0.2) is 14.6 Å². The number of carbonyl (C=O) groups excluding carboxylic acids is 1. The number of carboxylic acids is 1. The van der Waals surface area contributed by atoms with Crippen molar-refractivity contribution in [2.24, 2.45) is 15.4 Å². The molecule has 0 saturated heterocycles. The molecule has 3 rings (SSSR count). The number of hydrogen-bond donors (Lipinski definition) is 3. The van der Waals surface area contributed by atoms with Crippen LogP contribution >= 0.6 is 11.8 Å². The van der Waals surface area contributed by atoms with Gasteiger partial charge in [0.25, 0.3) is 0 Å². The molecule has 46 heavy (non-hydrogen) atoms. The van der Waals surface area contributed by atoms with Crippen LogP contribution in [0.3, 0.4) is 0 Å². The maximum atomic E-state index is 12.3. The predicted molar refractivity (Wildman–Crippen MR) is 186 cm³/mol. The minimum absolute atomic E-state index is 0.0124. The first-order valence-corrected chi connectivity index (χ1v) is 16.5. The second-order valence-electron chi connectivity index (χ2n) is 13.0. The predicted octanol–water partition coefficient (Wildman–Crippen LogP) is 6.19. The summed E-state index contributed by atoms with van der Waals surface area (Å²) in [6.45, 7) is 19.9. The van der Waals surface area contributed by atoms with Gasteiger partial charge in [-0.2, -0.15) is 0 Å². The second kappa shape index (κ2) is 15.4. The Kier molecular flexibility index (Phi) is 12.4. The van der Waals surface area contributed by atoms with Crippen molar-refractivity contribution in [3.8, 4) is 0 Å². The van der Waals surface area contributed by atoms with Gasteiger partial charge >= 0.3 is 12.1 Å². The second-order valence-corrected chi connectivity index (χ2v) is 14.1. The van der Waals surface area contributed by atoms with Crippen molar-refractivity contribution in [2.75, 3.05) is 19.5 Å². The van der Waals surface area contributed by atoms with Crippen molar-refractivity contribution < 1.29 is 29.3 Å². The van der Waals surface area contributed by atoms with Gasteiger partial charge in [-0.1, -0.05) is 26.5 Å². The van der Waals surface area contributed by atoms with E-state index in [1.54, 1.807) is 34.1 Å². The van der Waals surface area contributed by atoms with Gasteiger partial charge in [0, 0.05) is 49.8 Å². The number of aliphatic hydroxyl groups is 1. The monoisotopic (exact) mass is 655 g/mol. The van der Waals surface area contributed by atoms with E-state index in [9.17, 15) is 19.8 Å². The molecule has 0 radical (unpaired) electrons. The number of nitrogens with one attached hydrogen (secondary N) is 1. The molecule has 3 atom stereocenters. The van der Waals surface area contributed by atoms with Crippen LogP contribution in [0.2, 0.25) is 0 Å². The van der Waals surface area contributed by atoms with Gasteiger partial charge < -0.3 is 29.6 Å². The molecule has 1 aliphatic heterocycles. The number of aliphatic carboxylic acids is 1. The quantitative estimate of drug-likeness (QED) is 0.161. The molecule has 0 aliphatic carbocycles. The molecule has 1 unspecified atom stereocenters. The lowest BCUT2D eigenvalue weighted by Gasteiger charge is -2.23. The first-order valence-electron chi connectivity index (χ1n) is 15.5. The van der Waals surface area contributed by atoms with Crippen LogP contribution in [0.15, 0.2) is 40.5 Å². The fraction of sp³-hybridized carbons (Fsp3) is 0.559. The summed E-state index contributed by atoms with van der Waals surface area (Å²) in [4.78, 5) is 38.9. The third kappa shape index (κ3) is 8.86. The van der Waals surface area contributed by atoms with Crippen LogP contribution in [0, 0.1) is 5.41 Å². The van der Waals surface area contributed by atoms with Gasteiger partial charge in [0.2, 0.25) is 0 Å². The Hall–Kier alpha value is -3.48. The van der Waals surface area contributed by atoms with Crippen molar-refractivity contribution >= 4 is 51.7 Å². The van der Waals surface area contributed by atoms with Crippen LogP contribution in [0.1, 0.15) is 84.8 Å². The summed E-state index contributed by atoms with van der Waals surface area (Å²) in [5, 5.41) is 23.1. The number of carbonyl (C=O) groups is 2. The zero-order valence-corrected chi connectivity index (χ0v) is 29.3. The summed E-state index contributed by atoms with van der Waals surface area (Å²) in [7, 11) is 1.65. The lowest BCUT2D eigenvalue weighted by molar-refractivity contribution is -0.139. The molecule has 0 bridgehead atoms. The van der Waals surface area contributed by atoms with Crippen LogP contribution in [0.25, 0.3) is 16.6 Å². The average Bonchev–Trinajstić information content (AvgIpc) is 3.57. The van der Waals surface area contributed by atoms with Gasteiger partial charge in [0.05, 0.1) is 39.3 Å². The summed E-state index contributed by atoms with van der Waals surface area (Å²) in [6.07, 6.45) is 3.05. The van der Waals surface area contributed by atoms with Gasteiger partial charge in [-0.15, -0.1) is 11.8 Å². The number of allylic oxidation sites excluding steroid dienone is 2. The van der Waals surface area contributed by atoms with E-state index in [0.717, 1.165) is 39.3 Å². The zero-order chi connectivity index (χ0) is 34.4. The molecule has 3 N–H and O–H groups in total. The first-order chi connectivity index (χ1) is 21.6. The third-order valence-electron chi connectivity index (χ3n) is 7.59. The molecular weight excluding hydrogens is 606 g/mol. The lowest BCUT2D eigenvalue weighted by atomic mass is 9.85. The fourth-order valence-corrected chi connectivity index (χ4v) is 6.39. The molecule has 0 aromatic carbocycles. The van der Waals surface area contributed by atoms with Crippen LogP contribution in [0.4, 0.5) is 4.79 Å². The average molecular weight is 656 g/mol. The highest BCUT2D eigenvalue weighted by molar-refractivity contribution is 8.14. The Morgan fingerprint density at radius 3 is 2.52 bits per heavy atom. The van der Waals surface area contributed by atoms with Crippen molar-refractivity contribution in [3.05, 3.63) is 47.4 Å². The molecule has 1 aliphatic rings. The Morgan fingerprint density at radius 2 is 1.98 bits per heavy atom. The minimum atomic E-state index is -1.18. The number of methoxy groups -OCH3 is 1. The van der Waals surface area contributed by atoms with Gasteiger partial charge in [-0.3, -0.25) is 9.98 Å². The number of fused-ring (bicyclic) bond motifs is 1. The molecule has 12 heteroatoms. The Morgan fingerprint density at radius 1 is 1.28 bits per heavy atom. The van der Waals surface area contributed by atoms with Crippen molar-refractivity contribution in [1.82, 2.24) is 14.9 Å². The molecule has 0 spiro atoms. The number of aromatic nitrogens is 2. The highest BCUT2D eigenvalue weighted by Crippen LogP contribution is 2.39. The third-order valence-corrected chi connectivity index (χ3v) is 8.67. The molecule has 252 valence electrons. The van der Waals surface area contributed by atoms with E-state index in [2.05, 4.69) is 28.4 Å². The van der Waals surface area contributed by atoms with E-state index in [-0.39, 0.29) is 25.2 Å². The highest BCUT2D eigenvalue weighted by atomic mass is 32.2. The Balaban J connectivity index is 2.13. The minimum Gasteiger partial charge on any atom is -0.480 e. The topological polar surface area (TPSA) is 148 Å². The Bertz CT molecular complexity index is 1530. The summed E-state index contributed by atoms with van der Waals surface area (Å²) >= 11 is 1.46. The van der Waals surface area contributed by atoms with Crippen LogP contribution in [-0.4, -0.2) is 80.3 Å². The number of amides is 1. The van der Waals surface area contributed by atoms with E-state index < -0.39 is 29.1 Å². The Labute approximate surface area is 276 Å². The number of rotatable bonds is 14. The number of thioether (sulfide) groups is 1. The van der Waals surface area contributed by atoms with E-state index in [4.69, 9.17) is 19.5 Å². The van der Waals surface area contributed by atoms with Crippen molar-refractivity contribution in [3.63, 3.8) is 0 Å². The van der Waals surface area contributed by atoms with E-state index in [1.165, 1.54) is 11.8 Å². The molecule has 0 fully saturated rings. The normalized spacial score (nSPS) is 17.5. The van der Waals surface area contributed by atoms with E-state index in [0.29, 0.717) is 23.8 Å². The standard InChI is InChI=1S/C34H49N5O6S/c1-11-21(28(35-12-2)20(4)44-10)30-22(17-34(8,9)19-40)29-26(39(30)13-3)15-14-23(37-29)25-18-46-27(36-25)16-24(31(41)42)38-32(43)45-33(5,6)7/h11-12,14-15,20,24-25,40H,1,13,16-19H2,2-10H3,(H,38,43)(H,41,42)/b28-21+,35-12-/t20-,24-,25?/m0/s1. The van der Waals surface area contributed by atoms with Crippen LogP contribution in [0.5, 0.6) is 0 Å². The maximum Gasteiger partial charge on any atom is 0.408 e. The summed E-state index contributed by atoms with van der Waals surface area (Å²) < 4.78 is 13.1. The van der Waals surface area contributed by atoms with Crippen LogP contribution < -0.4 is 5.32 Å². The summed E-state index contributed by atoms with van der Waals surface area (Å²) in [5.41, 5.74) is 4.81. The van der Waals surface area contributed by atoms with Crippen molar-refractivity contribution in [2.45, 2.75) is 98.6 Å². The zero-order valence-electron chi connectivity index (χ0n) is 28.5. The maximum absolute atomic E-state index is 12.3. The number of pyridine rings is 1. The molecular formula is C34H49N5O6S. The highest BCUT2D eigenvalue weighted by Gasteiger charge is 2.31. The van der Waals surface area contributed by atoms with E-state index in [1.807, 2.05) is 45.9 Å². The largest absolute Gasteiger partial charge is 0.480 e. The molecule has 2 aromatic rings. The molecule has 0 saturated carbocycles. The number of carboxylic acid groups (broad SMARTS) is 1. The number of aryl methyl sites for hydroxylation is 1. The molecule has 2 aromatic heterocycles.